The number of aromatic hydroxyl groups is 1. The number of carbonyl (C=O) groups excluding carboxylic acids is 1. The van der Waals surface area contributed by atoms with Crippen LogP contribution in [0.15, 0.2) is 18.2 Å². The van der Waals surface area contributed by atoms with E-state index in [1.54, 1.807) is 14.0 Å². The van der Waals surface area contributed by atoms with Gasteiger partial charge in [0.25, 0.3) is 0 Å². The van der Waals surface area contributed by atoms with Crippen molar-refractivity contribution in [2.75, 3.05) is 19.4 Å². The second-order valence-electron chi connectivity index (χ2n) is 5.55. The van der Waals surface area contributed by atoms with Crippen molar-refractivity contribution in [1.82, 2.24) is 5.32 Å². The van der Waals surface area contributed by atoms with Crippen molar-refractivity contribution < 1.29 is 29.6 Å². The molecule has 23 heavy (non-hydrogen) atoms. The van der Waals surface area contributed by atoms with Gasteiger partial charge >= 0.3 is 5.97 Å². The van der Waals surface area contributed by atoms with Crippen LogP contribution in [0.1, 0.15) is 17.3 Å². The molecule has 0 radical (unpaired) electrons. The Morgan fingerprint density at radius 3 is 2.74 bits per heavy atom. The Morgan fingerprint density at radius 2 is 2.09 bits per heavy atom. The molecule has 1 heterocycles. The minimum atomic E-state index is -1.20. The molecule has 1 aromatic rings. The predicted molar refractivity (Wildman–Crippen MR) is 82.0 cm³/mol. The van der Waals surface area contributed by atoms with E-state index in [0.717, 1.165) is 0 Å². The van der Waals surface area contributed by atoms with E-state index in [0.29, 0.717) is 5.69 Å². The summed E-state index contributed by atoms with van der Waals surface area (Å²) in [5, 5.41) is 32.6. The van der Waals surface area contributed by atoms with Crippen LogP contribution in [-0.4, -0.2) is 65.4 Å². The number of anilines is 1. The van der Waals surface area contributed by atoms with E-state index in [2.05, 4.69) is 5.32 Å². The van der Waals surface area contributed by atoms with Crippen LogP contribution in [0, 0.1) is 0 Å². The quantitative estimate of drug-likeness (QED) is 0.277. The second-order valence-corrected chi connectivity index (χ2v) is 5.55. The molecule has 1 aromatic carbocycles. The summed E-state index contributed by atoms with van der Waals surface area (Å²) in [7, 11) is 1.66. The lowest BCUT2D eigenvalue weighted by molar-refractivity contribution is -0.189. The number of phenols is 1. The zero-order valence-electron chi connectivity index (χ0n) is 13.0. The number of likely N-dealkylation sites (N-methyl/N-ethyl adjacent to an activating group) is 1. The van der Waals surface area contributed by atoms with Gasteiger partial charge in [0.1, 0.15) is 36.2 Å². The number of rotatable bonds is 4. The van der Waals surface area contributed by atoms with Crippen molar-refractivity contribution in [1.29, 1.82) is 0 Å². The van der Waals surface area contributed by atoms with Crippen molar-refractivity contribution in [2.45, 2.75) is 37.4 Å². The third kappa shape index (κ3) is 3.73. The van der Waals surface area contributed by atoms with Crippen LogP contribution >= 0.6 is 0 Å². The Labute approximate surface area is 133 Å². The number of esters is 1. The van der Waals surface area contributed by atoms with Crippen molar-refractivity contribution in [3.8, 4) is 5.75 Å². The number of benzene rings is 1. The molecule has 0 amide bonds. The van der Waals surface area contributed by atoms with Crippen LogP contribution in [0.3, 0.4) is 0 Å². The fourth-order valence-electron chi connectivity index (χ4n) is 2.65. The molecule has 2 unspecified atom stereocenters. The molecular formula is C15H22N2O6. The third-order valence-corrected chi connectivity index (χ3v) is 3.95. The average Bonchev–Trinajstić information content (AvgIpc) is 2.52. The monoisotopic (exact) mass is 326 g/mol. The van der Waals surface area contributed by atoms with E-state index >= 15 is 0 Å². The number of aliphatic hydroxyl groups is 2. The Hall–Kier alpha value is -1.87. The Kier molecular flexibility index (Phi) is 5.42. The summed E-state index contributed by atoms with van der Waals surface area (Å²) in [4.78, 5) is 12.0. The molecule has 1 fully saturated rings. The number of aliphatic hydroxyl groups excluding tert-OH is 2. The number of phenolic OH excluding ortho intramolecular Hbond substituents is 1. The van der Waals surface area contributed by atoms with E-state index in [9.17, 15) is 20.1 Å². The van der Waals surface area contributed by atoms with Crippen LogP contribution in [0.2, 0.25) is 0 Å². The number of carbonyl (C=O) groups is 1. The Morgan fingerprint density at radius 1 is 1.39 bits per heavy atom. The van der Waals surface area contributed by atoms with Gasteiger partial charge in [0.2, 0.25) is 0 Å². The van der Waals surface area contributed by atoms with Gasteiger partial charge in [-0.05, 0) is 32.2 Å². The van der Waals surface area contributed by atoms with E-state index in [1.165, 1.54) is 18.2 Å². The molecule has 128 valence electrons. The summed E-state index contributed by atoms with van der Waals surface area (Å²) >= 11 is 0. The summed E-state index contributed by atoms with van der Waals surface area (Å²) in [5.41, 5.74) is 5.81. The highest BCUT2D eigenvalue weighted by atomic mass is 16.6. The largest absolute Gasteiger partial charge is 0.507 e. The summed E-state index contributed by atoms with van der Waals surface area (Å²) in [5.74, 6) is -1.04. The highest BCUT2D eigenvalue weighted by Gasteiger charge is 2.42. The number of nitrogen functional groups attached to an aromatic ring is 1. The molecule has 5 atom stereocenters. The van der Waals surface area contributed by atoms with Crippen molar-refractivity contribution >= 4 is 11.7 Å². The Bertz CT molecular complexity index is 567. The van der Waals surface area contributed by atoms with E-state index in [-0.39, 0.29) is 24.0 Å². The lowest BCUT2D eigenvalue weighted by Crippen LogP contribution is -2.62. The van der Waals surface area contributed by atoms with Gasteiger partial charge in [-0.2, -0.15) is 0 Å². The molecule has 0 aliphatic carbocycles. The first-order valence-corrected chi connectivity index (χ1v) is 7.29. The smallest absolute Gasteiger partial charge is 0.342 e. The van der Waals surface area contributed by atoms with Crippen molar-refractivity contribution in [3.05, 3.63) is 23.8 Å². The summed E-state index contributed by atoms with van der Waals surface area (Å²) < 4.78 is 10.6. The van der Waals surface area contributed by atoms with Gasteiger partial charge in [0.15, 0.2) is 0 Å². The van der Waals surface area contributed by atoms with E-state index < -0.39 is 30.3 Å². The second kappa shape index (κ2) is 7.14. The van der Waals surface area contributed by atoms with Crippen LogP contribution in [0.5, 0.6) is 5.75 Å². The van der Waals surface area contributed by atoms with Gasteiger partial charge in [-0.1, -0.05) is 0 Å². The molecule has 2 rings (SSSR count). The van der Waals surface area contributed by atoms with E-state index in [4.69, 9.17) is 15.2 Å². The molecule has 0 aromatic heterocycles. The fourth-order valence-corrected chi connectivity index (χ4v) is 2.65. The van der Waals surface area contributed by atoms with Crippen LogP contribution in [-0.2, 0) is 9.47 Å². The minimum absolute atomic E-state index is 0.0722. The SMILES string of the molecule is CNC1[C@H](C)OC(COC(=O)c2cc(N)ccc2O)[C@H](O)[C@@H]1O. The minimum Gasteiger partial charge on any atom is -0.507 e. The van der Waals surface area contributed by atoms with Crippen LogP contribution in [0.25, 0.3) is 0 Å². The third-order valence-electron chi connectivity index (χ3n) is 3.95. The van der Waals surface area contributed by atoms with Crippen molar-refractivity contribution in [2.24, 2.45) is 0 Å². The van der Waals surface area contributed by atoms with Crippen molar-refractivity contribution in [3.63, 3.8) is 0 Å². The maximum Gasteiger partial charge on any atom is 0.342 e. The lowest BCUT2D eigenvalue weighted by atomic mass is 9.94. The van der Waals surface area contributed by atoms with Gasteiger partial charge in [-0.15, -0.1) is 0 Å². The van der Waals surface area contributed by atoms with Gasteiger partial charge in [0.05, 0.1) is 12.1 Å². The molecule has 6 N–H and O–H groups in total. The maximum atomic E-state index is 12.0. The standard InChI is InChI=1S/C15H22N2O6/c1-7-12(17-2)14(20)13(19)11(23-7)6-22-15(21)9-5-8(16)3-4-10(9)18/h3-5,7,11-14,17-20H,6,16H2,1-2H3/t7-,11?,12?,13-,14+/m0/s1. The summed E-state index contributed by atoms with van der Waals surface area (Å²) in [6.07, 6.45) is -3.49. The van der Waals surface area contributed by atoms with Gasteiger partial charge in [-0.3, -0.25) is 0 Å². The molecule has 0 spiro atoms. The Balaban J connectivity index is 2.00. The molecule has 8 nitrogen and oxygen atoms in total. The predicted octanol–water partition coefficient (Wildman–Crippen LogP) is -0.772. The van der Waals surface area contributed by atoms with Gasteiger partial charge in [0, 0.05) is 5.69 Å². The number of ether oxygens (including phenoxy) is 2. The number of nitrogens with one attached hydrogen (secondary N) is 1. The summed E-state index contributed by atoms with van der Waals surface area (Å²) in [6, 6.07) is 3.62. The molecule has 1 aliphatic rings. The molecule has 1 saturated heterocycles. The lowest BCUT2D eigenvalue weighted by Gasteiger charge is -2.41. The first kappa shape index (κ1) is 17.5. The molecule has 0 bridgehead atoms. The van der Waals surface area contributed by atoms with Gasteiger partial charge in [-0.25, -0.2) is 4.79 Å². The topological polar surface area (TPSA) is 134 Å². The summed E-state index contributed by atoms with van der Waals surface area (Å²) in [6.45, 7) is 1.49. The molecular weight excluding hydrogens is 304 g/mol. The van der Waals surface area contributed by atoms with Crippen LogP contribution < -0.4 is 11.1 Å². The molecule has 0 saturated carbocycles. The van der Waals surface area contributed by atoms with E-state index in [1.807, 2.05) is 0 Å². The zero-order valence-corrected chi connectivity index (χ0v) is 13.0. The zero-order chi connectivity index (χ0) is 17.1. The highest BCUT2D eigenvalue weighted by Crippen LogP contribution is 2.23. The van der Waals surface area contributed by atoms with Crippen LogP contribution in [0.4, 0.5) is 5.69 Å². The molecule has 8 heteroatoms. The first-order valence-electron chi connectivity index (χ1n) is 7.29. The molecule has 1 aliphatic heterocycles. The maximum absolute atomic E-state index is 12.0. The number of hydrogen-bond acceptors (Lipinski definition) is 8. The fraction of sp³-hybridized carbons (Fsp3) is 0.533. The normalized spacial score (nSPS) is 30.9. The average molecular weight is 326 g/mol. The van der Waals surface area contributed by atoms with Gasteiger partial charge < -0.3 is 35.8 Å². The number of nitrogens with two attached hydrogens (primary N) is 1. The number of hydrogen-bond donors (Lipinski definition) is 5. The first-order chi connectivity index (χ1) is 10.8. The highest BCUT2D eigenvalue weighted by molar-refractivity contribution is 5.93.